The normalized spacial score (nSPS) is 20.2. The number of hydrogen-bond acceptors (Lipinski definition) is 4. The van der Waals surface area contributed by atoms with Crippen molar-refractivity contribution in [3.05, 3.63) is 29.6 Å². The molecule has 1 aliphatic rings. The second-order valence-electron chi connectivity index (χ2n) is 4.51. The Morgan fingerprint density at radius 1 is 1.44 bits per heavy atom. The summed E-state index contributed by atoms with van der Waals surface area (Å²) in [6.45, 7) is 0.604. The molecule has 100 valence electrons. The van der Waals surface area contributed by atoms with Crippen LogP contribution >= 0.6 is 0 Å². The Hall–Kier alpha value is -1.14. The summed E-state index contributed by atoms with van der Waals surface area (Å²) in [4.78, 5) is 0. The van der Waals surface area contributed by atoms with Crippen molar-refractivity contribution < 1.29 is 17.5 Å². The number of rotatable bonds is 4. The molecule has 1 atom stereocenters. The third-order valence-corrected chi connectivity index (χ3v) is 4.58. The van der Waals surface area contributed by atoms with Crippen molar-refractivity contribution in [1.29, 1.82) is 0 Å². The van der Waals surface area contributed by atoms with E-state index in [0.717, 1.165) is 12.8 Å². The molecule has 0 spiro atoms. The zero-order valence-electron chi connectivity index (χ0n) is 9.93. The van der Waals surface area contributed by atoms with Crippen LogP contribution in [-0.2, 0) is 20.3 Å². The van der Waals surface area contributed by atoms with Gasteiger partial charge in [0.15, 0.2) is 9.84 Å². The average Bonchev–Trinajstić information content (AvgIpc) is 2.76. The summed E-state index contributed by atoms with van der Waals surface area (Å²) in [6.07, 6.45) is 1.38. The summed E-state index contributed by atoms with van der Waals surface area (Å²) in [7, 11) is -3.38. The molecule has 18 heavy (non-hydrogen) atoms. The predicted molar refractivity (Wildman–Crippen MR) is 67.3 cm³/mol. The molecule has 1 saturated heterocycles. The first-order chi connectivity index (χ1) is 8.48. The van der Waals surface area contributed by atoms with E-state index in [1.807, 2.05) is 0 Å². The highest BCUT2D eigenvalue weighted by Crippen LogP contribution is 2.20. The van der Waals surface area contributed by atoms with Gasteiger partial charge in [0, 0.05) is 12.2 Å². The number of nitrogen functional groups attached to an aromatic ring is 1. The molecule has 1 fully saturated rings. The standard InChI is InChI=1S/C12H16FNO3S/c13-12-9(3-1-5-11(12)14)7-18(15,16)8-10-4-2-6-17-10/h1,3,5,10H,2,4,6-8,14H2. The molecule has 1 heterocycles. The molecule has 0 bridgehead atoms. The van der Waals surface area contributed by atoms with E-state index in [9.17, 15) is 12.8 Å². The summed E-state index contributed by atoms with van der Waals surface area (Å²) < 4.78 is 42.8. The minimum Gasteiger partial charge on any atom is -0.396 e. The fourth-order valence-electron chi connectivity index (χ4n) is 2.07. The van der Waals surface area contributed by atoms with Gasteiger partial charge in [0.1, 0.15) is 5.82 Å². The SMILES string of the molecule is Nc1cccc(CS(=O)(=O)CC2CCCO2)c1F. The summed E-state index contributed by atoms with van der Waals surface area (Å²) in [5.74, 6) is -1.03. The van der Waals surface area contributed by atoms with Crippen molar-refractivity contribution in [2.45, 2.75) is 24.7 Å². The van der Waals surface area contributed by atoms with Gasteiger partial charge >= 0.3 is 0 Å². The van der Waals surface area contributed by atoms with E-state index in [1.54, 1.807) is 6.07 Å². The number of hydrogen-bond donors (Lipinski definition) is 1. The highest BCUT2D eigenvalue weighted by molar-refractivity contribution is 7.90. The van der Waals surface area contributed by atoms with Crippen LogP contribution in [0.1, 0.15) is 18.4 Å². The lowest BCUT2D eigenvalue weighted by molar-refractivity contribution is 0.127. The Morgan fingerprint density at radius 2 is 2.22 bits per heavy atom. The third kappa shape index (κ3) is 3.20. The molecule has 0 aliphatic carbocycles. The predicted octanol–water partition coefficient (Wildman–Crippen LogP) is 1.50. The molecule has 4 nitrogen and oxygen atoms in total. The van der Waals surface area contributed by atoms with Crippen molar-refractivity contribution >= 4 is 15.5 Å². The monoisotopic (exact) mass is 273 g/mol. The van der Waals surface area contributed by atoms with Crippen LogP contribution in [0.2, 0.25) is 0 Å². The number of halogens is 1. The highest BCUT2D eigenvalue weighted by atomic mass is 32.2. The summed E-state index contributed by atoms with van der Waals surface area (Å²) in [5, 5.41) is 0. The molecule has 6 heteroatoms. The number of sulfone groups is 1. The minimum absolute atomic E-state index is 0.0279. The smallest absolute Gasteiger partial charge is 0.157 e. The second kappa shape index (κ2) is 5.24. The van der Waals surface area contributed by atoms with Gasteiger partial charge in [0.05, 0.1) is 23.3 Å². The van der Waals surface area contributed by atoms with E-state index in [4.69, 9.17) is 10.5 Å². The molecule has 0 saturated carbocycles. The van der Waals surface area contributed by atoms with Gasteiger partial charge in [-0.3, -0.25) is 0 Å². The molecule has 0 amide bonds. The lowest BCUT2D eigenvalue weighted by atomic mass is 10.2. The van der Waals surface area contributed by atoms with Gasteiger partial charge in [-0.1, -0.05) is 12.1 Å². The van der Waals surface area contributed by atoms with E-state index < -0.39 is 15.7 Å². The van der Waals surface area contributed by atoms with Gasteiger partial charge in [-0.15, -0.1) is 0 Å². The molecule has 1 unspecified atom stereocenters. The van der Waals surface area contributed by atoms with Gasteiger partial charge in [-0.25, -0.2) is 12.8 Å². The first kappa shape index (κ1) is 13.3. The number of ether oxygens (including phenoxy) is 1. The van der Waals surface area contributed by atoms with Crippen LogP contribution in [0, 0.1) is 5.82 Å². The lowest BCUT2D eigenvalue weighted by Gasteiger charge is -2.11. The van der Waals surface area contributed by atoms with Crippen molar-refractivity contribution in [2.75, 3.05) is 18.1 Å². The van der Waals surface area contributed by atoms with E-state index in [2.05, 4.69) is 0 Å². The quantitative estimate of drug-likeness (QED) is 0.844. The first-order valence-corrected chi connectivity index (χ1v) is 7.65. The molecule has 1 aromatic carbocycles. The Kier molecular flexibility index (Phi) is 3.87. The van der Waals surface area contributed by atoms with E-state index >= 15 is 0 Å². The zero-order chi connectivity index (χ0) is 13.2. The summed E-state index contributed by atoms with van der Waals surface area (Å²) in [5.41, 5.74) is 5.50. The van der Waals surface area contributed by atoms with Gasteiger partial charge < -0.3 is 10.5 Å². The maximum Gasteiger partial charge on any atom is 0.157 e. The van der Waals surface area contributed by atoms with Crippen molar-refractivity contribution in [1.82, 2.24) is 0 Å². The Morgan fingerprint density at radius 3 is 2.89 bits per heavy atom. The number of anilines is 1. The molecule has 0 radical (unpaired) electrons. The fourth-order valence-corrected chi connectivity index (χ4v) is 3.71. The van der Waals surface area contributed by atoms with Crippen LogP contribution in [-0.4, -0.2) is 26.9 Å². The van der Waals surface area contributed by atoms with Gasteiger partial charge in [-0.2, -0.15) is 0 Å². The van der Waals surface area contributed by atoms with E-state index in [-0.39, 0.29) is 28.9 Å². The van der Waals surface area contributed by atoms with Crippen LogP contribution in [0.25, 0.3) is 0 Å². The molecule has 1 aliphatic heterocycles. The lowest BCUT2D eigenvalue weighted by Crippen LogP contribution is -2.21. The summed E-state index contributed by atoms with van der Waals surface area (Å²) >= 11 is 0. The van der Waals surface area contributed by atoms with Crippen molar-refractivity contribution in [3.8, 4) is 0 Å². The van der Waals surface area contributed by atoms with Crippen LogP contribution in [0.3, 0.4) is 0 Å². The number of benzene rings is 1. The van der Waals surface area contributed by atoms with Crippen LogP contribution in [0.4, 0.5) is 10.1 Å². The second-order valence-corrected chi connectivity index (χ2v) is 6.62. The molecular weight excluding hydrogens is 257 g/mol. The Labute approximate surface area is 106 Å². The largest absolute Gasteiger partial charge is 0.396 e. The van der Waals surface area contributed by atoms with E-state index in [1.165, 1.54) is 12.1 Å². The molecular formula is C12H16FNO3S. The maximum atomic E-state index is 13.6. The van der Waals surface area contributed by atoms with Crippen LogP contribution in [0.5, 0.6) is 0 Å². The fraction of sp³-hybridized carbons (Fsp3) is 0.500. The van der Waals surface area contributed by atoms with Gasteiger partial charge in [-0.05, 0) is 18.9 Å². The Bertz CT molecular complexity index is 524. The van der Waals surface area contributed by atoms with E-state index in [0.29, 0.717) is 6.61 Å². The third-order valence-electron chi connectivity index (χ3n) is 2.95. The van der Waals surface area contributed by atoms with Gasteiger partial charge in [0.25, 0.3) is 0 Å². The number of nitrogens with two attached hydrogens (primary N) is 1. The zero-order valence-corrected chi connectivity index (χ0v) is 10.7. The maximum absolute atomic E-state index is 13.6. The van der Waals surface area contributed by atoms with Crippen molar-refractivity contribution in [2.24, 2.45) is 0 Å². The molecule has 1 aromatic rings. The average molecular weight is 273 g/mol. The first-order valence-electron chi connectivity index (χ1n) is 5.83. The summed E-state index contributed by atoms with van der Waals surface area (Å²) in [6, 6.07) is 4.40. The molecule has 2 N–H and O–H groups in total. The van der Waals surface area contributed by atoms with Crippen molar-refractivity contribution in [3.63, 3.8) is 0 Å². The Balaban J connectivity index is 2.09. The van der Waals surface area contributed by atoms with Gasteiger partial charge in [0.2, 0.25) is 0 Å². The molecule has 2 rings (SSSR count). The van der Waals surface area contributed by atoms with Crippen LogP contribution < -0.4 is 5.73 Å². The van der Waals surface area contributed by atoms with Crippen LogP contribution in [0.15, 0.2) is 18.2 Å². The minimum atomic E-state index is -3.38. The highest BCUT2D eigenvalue weighted by Gasteiger charge is 2.24. The topological polar surface area (TPSA) is 69.4 Å². The molecule has 0 aromatic heterocycles.